The first kappa shape index (κ1) is 19.4. The van der Waals surface area contributed by atoms with Crippen LogP contribution in [0.25, 0.3) is 11.3 Å². The molecule has 1 heterocycles. The molecule has 0 bridgehead atoms. The van der Waals surface area contributed by atoms with Gasteiger partial charge < -0.3 is 4.74 Å². The van der Waals surface area contributed by atoms with Crippen LogP contribution in [-0.2, 0) is 11.2 Å². The Kier molecular flexibility index (Phi) is 6.17. The average Bonchev–Trinajstić information content (AvgIpc) is 3.11. The lowest BCUT2D eigenvalue weighted by Crippen LogP contribution is -2.10. The molecule has 0 spiro atoms. The molecule has 0 radical (unpaired) electrons. The van der Waals surface area contributed by atoms with Gasteiger partial charge in [-0.15, -0.1) is 0 Å². The van der Waals surface area contributed by atoms with Gasteiger partial charge in [0.25, 0.3) is 0 Å². The van der Waals surface area contributed by atoms with Crippen molar-refractivity contribution in [1.82, 2.24) is 0 Å². The Morgan fingerprint density at radius 2 is 1.74 bits per heavy atom. The predicted molar refractivity (Wildman–Crippen MR) is 115 cm³/mol. The zero-order chi connectivity index (χ0) is 19.4. The summed E-state index contributed by atoms with van der Waals surface area (Å²) >= 11 is 1.56. The highest BCUT2D eigenvalue weighted by molar-refractivity contribution is 8.15. The molecule has 1 aliphatic rings. The fourth-order valence-corrected chi connectivity index (χ4v) is 3.94. The molecular weight excluding hydrogens is 354 g/mol. The smallest absolute Gasteiger partial charge is 0.142 e. The Labute approximate surface area is 165 Å². The summed E-state index contributed by atoms with van der Waals surface area (Å²) in [6.45, 7) is 5.74. The molecule has 27 heavy (non-hydrogen) atoms. The molecule has 140 valence electrons. The summed E-state index contributed by atoms with van der Waals surface area (Å²) in [5, 5.41) is 0.917. The lowest BCUT2D eigenvalue weighted by molar-refractivity contribution is -0.116. The molecule has 3 rings (SSSR count). The van der Waals surface area contributed by atoms with Crippen LogP contribution in [0.15, 0.2) is 53.5 Å². The van der Waals surface area contributed by atoms with Gasteiger partial charge in [-0.3, -0.25) is 4.79 Å². The number of Topliss-reactive ketones (excluding diaryl/α,β-unsaturated/α-hetero) is 1. The van der Waals surface area contributed by atoms with E-state index in [9.17, 15) is 4.79 Å². The highest BCUT2D eigenvalue weighted by atomic mass is 32.2. The minimum absolute atomic E-state index is 0.0808. The van der Waals surface area contributed by atoms with Crippen molar-refractivity contribution in [3.8, 4) is 5.75 Å². The number of methoxy groups -OCH3 is 1. The average molecular weight is 380 g/mol. The van der Waals surface area contributed by atoms with Crippen molar-refractivity contribution in [2.45, 2.75) is 38.9 Å². The number of hydrogen-bond donors (Lipinski definition) is 0. The number of allylic oxidation sites excluding steroid dienone is 1. The lowest BCUT2D eigenvalue weighted by atomic mass is 9.98. The third-order valence-electron chi connectivity index (χ3n) is 4.81. The first-order chi connectivity index (χ1) is 13.0. The second kappa shape index (κ2) is 8.57. The van der Waals surface area contributed by atoms with E-state index in [0.29, 0.717) is 0 Å². The number of carbonyl (C=O) groups is 1. The highest BCUT2D eigenvalue weighted by Gasteiger charge is 2.23. The van der Waals surface area contributed by atoms with Crippen molar-refractivity contribution in [3.05, 3.63) is 65.2 Å². The molecule has 0 amide bonds. The van der Waals surface area contributed by atoms with Crippen molar-refractivity contribution in [2.75, 3.05) is 7.11 Å². The molecule has 1 aliphatic heterocycles. The fraction of sp³-hybridized carbons (Fsp3) is 0.304. The summed E-state index contributed by atoms with van der Waals surface area (Å²) in [6.07, 6.45) is 1.79. The Bertz CT molecular complexity index is 880. The molecule has 2 aromatic carbocycles. The van der Waals surface area contributed by atoms with Crippen molar-refractivity contribution in [1.29, 1.82) is 0 Å². The SMILES string of the molecule is CCc1ccc(C2=C(c3ccc(OC)cc3)N=C(SC(C)C(C)=O)C2)cc1. The van der Waals surface area contributed by atoms with Crippen molar-refractivity contribution < 1.29 is 9.53 Å². The number of carbonyl (C=O) groups excluding carboxylic acids is 1. The molecule has 0 saturated heterocycles. The van der Waals surface area contributed by atoms with Gasteiger partial charge in [-0.2, -0.15) is 0 Å². The van der Waals surface area contributed by atoms with Crippen LogP contribution in [0, 0.1) is 0 Å². The van der Waals surface area contributed by atoms with Gasteiger partial charge in [0.2, 0.25) is 0 Å². The number of aliphatic imine (C=N–C) groups is 1. The number of benzene rings is 2. The van der Waals surface area contributed by atoms with Gasteiger partial charge in [-0.05, 0) is 61.2 Å². The summed E-state index contributed by atoms with van der Waals surface area (Å²) in [5.74, 6) is 1.00. The van der Waals surface area contributed by atoms with Crippen LogP contribution in [0.1, 0.15) is 43.9 Å². The van der Waals surface area contributed by atoms with Crippen LogP contribution in [0.5, 0.6) is 5.75 Å². The van der Waals surface area contributed by atoms with Crippen LogP contribution in [0.4, 0.5) is 0 Å². The molecule has 1 atom stereocenters. The topological polar surface area (TPSA) is 38.7 Å². The highest BCUT2D eigenvalue weighted by Crippen LogP contribution is 2.39. The van der Waals surface area contributed by atoms with Crippen molar-refractivity contribution in [3.63, 3.8) is 0 Å². The molecule has 4 heteroatoms. The van der Waals surface area contributed by atoms with E-state index in [1.54, 1.807) is 25.8 Å². The number of aryl methyl sites for hydroxylation is 1. The third kappa shape index (κ3) is 4.51. The van der Waals surface area contributed by atoms with E-state index in [2.05, 4.69) is 31.2 Å². The standard InChI is InChI=1S/C23H25NO2S/c1-5-17-6-8-18(9-7-17)21-14-22(27-16(3)15(2)25)24-23(21)19-10-12-20(26-4)13-11-19/h6-13,16H,5,14H2,1-4H3. The number of nitrogens with zero attached hydrogens (tertiary/aromatic N) is 1. The van der Waals surface area contributed by atoms with Crippen LogP contribution >= 0.6 is 11.8 Å². The lowest BCUT2D eigenvalue weighted by Gasteiger charge is -2.09. The Hall–Kier alpha value is -2.33. The van der Waals surface area contributed by atoms with Gasteiger partial charge in [-0.25, -0.2) is 4.99 Å². The minimum Gasteiger partial charge on any atom is -0.497 e. The van der Waals surface area contributed by atoms with Gasteiger partial charge in [0.15, 0.2) is 0 Å². The first-order valence-corrected chi connectivity index (χ1v) is 10.1. The van der Waals surface area contributed by atoms with E-state index in [0.717, 1.165) is 34.9 Å². The van der Waals surface area contributed by atoms with Crippen LogP contribution in [0.3, 0.4) is 0 Å². The number of thioether (sulfide) groups is 1. The van der Waals surface area contributed by atoms with Gasteiger partial charge in [0, 0.05) is 12.0 Å². The summed E-state index contributed by atoms with van der Waals surface area (Å²) in [4.78, 5) is 16.6. The summed E-state index contributed by atoms with van der Waals surface area (Å²) in [5.41, 5.74) is 5.77. The normalized spacial score (nSPS) is 14.9. The maximum atomic E-state index is 11.7. The molecule has 0 aromatic heterocycles. The van der Waals surface area contributed by atoms with E-state index in [1.807, 2.05) is 31.2 Å². The minimum atomic E-state index is -0.0808. The first-order valence-electron chi connectivity index (χ1n) is 9.23. The van der Waals surface area contributed by atoms with Crippen LogP contribution < -0.4 is 4.74 Å². The number of ether oxygens (including phenoxy) is 1. The second-order valence-corrected chi connectivity index (χ2v) is 8.07. The van der Waals surface area contributed by atoms with E-state index in [4.69, 9.17) is 9.73 Å². The molecule has 0 N–H and O–H groups in total. The molecule has 2 aromatic rings. The molecular formula is C23H25NO2S. The van der Waals surface area contributed by atoms with Crippen LogP contribution in [-0.4, -0.2) is 23.2 Å². The second-order valence-electron chi connectivity index (χ2n) is 6.66. The van der Waals surface area contributed by atoms with Gasteiger partial charge in [0.05, 0.1) is 23.1 Å². The molecule has 1 unspecified atom stereocenters. The molecule has 0 saturated carbocycles. The molecule has 0 aliphatic carbocycles. The summed E-state index contributed by atoms with van der Waals surface area (Å²) < 4.78 is 5.28. The Morgan fingerprint density at radius 3 is 2.30 bits per heavy atom. The molecule has 3 nitrogen and oxygen atoms in total. The van der Waals surface area contributed by atoms with Crippen molar-refractivity contribution in [2.24, 2.45) is 4.99 Å². The zero-order valence-corrected chi connectivity index (χ0v) is 17.1. The monoisotopic (exact) mass is 379 g/mol. The Morgan fingerprint density at radius 1 is 1.11 bits per heavy atom. The van der Waals surface area contributed by atoms with E-state index in [-0.39, 0.29) is 11.0 Å². The summed E-state index contributed by atoms with van der Waals surface area (Å²) in [7, 11) is 1.67. The number of rotatable bonds is 6. The van der Waals surface area contributed by atoms with Crippen LogP contribution in [0.2, 0.25) is 0 Å². The molecule has 0 fully saturated rings. The van der Waals surface area contributed by atoms with Gasteiger partial charge >= 0.3 is 0 Å². The zero-order valence-electron chi connectivity index (χ0n) is 16.3. The number of ketones is 1. The predicted octanol–water partition coefficient (Wildman–Crippen LogP) is 5.64. The number of hydrogen-bond acceptors (Lipinski definition) is 4. The third-order valence-corrected chi connectivity index (χ3v) is 6.00. The van der Waals surface area contributed by atoms with E-state index < -0.39 is 0 Å². The Balaban J connectivity index is 1.98. The largest absolute Gasteiger partial charge is 0.497 e. The summed E-state index contributed by atoms with van der Waals surface area (Å²) in [6, 6.07) is 16.7. The van der Waals surface area contributed by atoms with Gasteiger partial charge in [-0.1, -0.05) is 43.0 Å². The maximum Gasteiger partial charge on any atom is 0.142 e. The van der Waals surface area contributed by atoms with Crippen molar-refractivity contribution >= 4 is 33.9 Å². The van der Waals surface area contributed by atoms with E-state index >= 15 is 0 Å². The fourth-order valence-electron chi connectivity index (χ4n) is 2.99. The van der Waals surface area contributed by atoms with Gasteiger partial charge in [0.1, 0.15) is 11.5 Å². The van der Waals surface area contributed by atoms with E-state index in [1.165, 1.54) is 16.7 Å². The maximum absolute atomic E-state index is 11.7. The quantitative estimate of drug-likeness (QED) is 0.652.